The first-order valence-corrected chi connectivity index (χ1v) is 11.2. The fraction of sp³-hybridized carbons (Fsp3) is 0.520. The standard InChI is InChI=1S/C25H30F3NO2/c1-2-13-30-24-14-19(25(26,27)28)11-12-23(24)31-22-15-20-9-6-10-21(16-22)29(20)17-18-7-4-3-5-8-18/h3-5,7-8,11-12,14,20-22H,2,6,9-10,13,15-17H2,1H3/t20-,21+,22?. The molecule has 168 valence electrons. The van der Waals surface area contributed by atoms with Gasteiger partial charge in [-0.15, -0.1) is 0 Å². The number of nitrogens with zero attached hydrogens (tertiary/aromatic N) is 1. The molecule has 2 heterocycles. The lowest BCUT2D eigenvalue weighted by atomic mass is 9.82. The summed E-state index contributed by atoms with van der Waals surface area (Å²) in [5.74, 6) is 0.606. The molecular weight excluding hydrogens is 403 g/mol. The third-order valence-corrected chi connectivity index (χ3v) is 6.32. The fourth-order valence-electron chi connectivity index (χ4n) is 4.86. The highest BCUT2D eigenvalue weighted by molar-refractivity contribution is 5.44. The van der Waals surface area contributed by atoms with Gasteiger partial charge in [0.15, 0.2) is 11.5 Å². The van der Waals surface area contributed by atoms with Crippen LogP contribution in [0.4, 0.5) is 13.2 Å². The molecule has 2 aromatic rings. The molecule has 0 spiro atoms. The van der Waals surface area contributed by atoms with Gasteiger partial charge in [0, 0.05) is 18.6 Å². The minimum atomic E-state index is -4.40. The Kier molecular flexibility index (Phi) is 6.75. The molecule has 0 aromatic heterocycles. The van der Waals surface area contributed by atoms with Gasteiger partial charge in [-0.05, 0) is 55.9 Å². The monoisotopic (exact) mass is 433 g/mol. The van der Waals surface area contributed by atoms with Crippen molar-refractivity contribution in [2.24, 2.45) is 0 Å². The van der Waals surface area contributed by atoms with E-state index < -0.39 is 11.7 Å². The van der Waals surface area contributed by atoms with Crippen molar-refractivity contribution >= 4 is 0 Å². The predicted octanol–water partition coefficient (Wildman–Crippen LogP) is 6.46. The first-order valence-electron chi connectivity index (χ1n) is 11.2. The first kappa shape index (κ1) is 22.0. The SMILES string of the molecule is CCCOc1cc(C(F)(F)F)ccc1OC1C[C@H]2CCC[C@@H](C1)N2Cc1ccccc1. The Labute approximate surface area is 182 Å². The van der Waals surface area contributed by atoms with Crippen LogP contribution in [0.2, 0.25) is 0 Å². The molecule has 2 aliphatic heterocycles. The van der Waals surface area contributed by atoms with Crippen LogP contribution < -0.4 is 9.47 Å². The summed E-state index contributed by atoms with van der Waals surface area (Å²) >= 11 is 0. The Bertz CT molecular complexity index is 842. The lowest BCUT2D eigenvalue weighted by molar-refractivity contribution is -0.137. The molecule has 0 N–H and O–H groups in total. The molecular formula is C25H30F3NO2. The van der Waals surface area contributed by atoms with Crippen LogP contribution in [0.5, 0.6) is 11.5 Å². The Morgan fingerprint density at radius 2 is 1.68 bits per heavy atom. The van der Waals surface area contributed by atoms with Crippen molar-refractivity contribution in [2.45, 2.75) is 76.4 Å². The van der Waals surface area contributed by atoms with Gasteiger partial charge < -0.3 is 9.47 Å². The summed E-state index contributed by atoms with van der Waals surface area (Å²) in [6.07, 6.45) is 1.57. The number of benzene rings is 2. The van der Waals surface area contributed by atoms with E-state index in [0.29, 0.717) is 24.4 Å². The van der Waals surface area contributed by atoms with E-state index in [4.69, 9.17) is 9.47 Å². The molecule has 1 unspecified atom stereocenters. The molecule has 2 fully saturated rings. The van der Waals surface area contributed by atoms with E-state index in [9.17, 15) is 13.2 Å². The van der Waals surface area contributed by atoms with Crippen LogP contribution in [-0.2, 0) is 12.7 Å². The van der Waals surface area contributed by atoms with E-state index in [-0.39, 0.29) is 11.9 Å². The third-order valence-electron chi connectivity index (χ3n) is 6.32. The van der Waals surface area contributed by atoms with Gasteiger partial charge in [-0.2, -0.15) is 13.2 Å². The summed E-state index contributed by atoms with van der Waals surface area (Å²) in [5, 5.41) is 0. The zero-order valence-electron chi connectivity index (χ0n) is 17.9. The first-order chi connectivity index (χ1) is 14.9. The van der Waals surface area contributed by atoms with Crippen LogP contribution >= 0.6 is 0 Å². The summed E-state index contributed by atoms with van der Waals surface area (Å²) < 4.78 is 51.4. The van der Waals surface area contributed by atoms with Gasteiger partial charge in [0.05, 0.1) is 12.2 Å². The zero-order chi connectivity index (χ0) is 21.8. The fourth-order valence-corrected chi connectivity index (χ4v) is 4.86. The lowest BCUT2D eigenvalue weighted by Crippen LogP contribution is -2.53. The Morgan fingerprint density at radius 3 is 2.32 bits per heavy atom. The molecule has 2 aromatic carbocycles. The molecule has 31 heavy (non-hydrogen) atoms. The van der Waals surface area contributed by atoms with E-state index in [1.54, 1.807) is 0 Å². The lowest BCUT2D eigenvalue weighted by Gasteiger charge is -2.48. The number of halogens is 3. The summed E-state index contributed by atoms with van der Waals surface area (Å²) in [6.45, 7) is 3.23. The third kappa shape index (κ3) is 5.35. The van der Waals surface area contributed by atoms with Crippen molar-refractivity contribution in [3.63, 3.8) is 0 Å². The van der Waals surface area contributed by atoms with Gasteiger partial charge in [-0.3, -0.25) is 4.90 Å². The maximum atomic E-state index is 13.2. The quantitative estimate of drug-likeness (QED) is 0.500. The normalized spacial score (nSPS) is 24.1. The van der Waals surface area contributed by atoms with Gasteiger partial charge in [-0.1, -0.05) is 43.7 Å². The summed E-state index contributed by atoms with van der Waals surface area (Å²) in [6, 6.07) is 14.9. The number of alkyl halides is 3. The van der Waals surface area contributed by atoms with Crippen molar-refractivity contribution in [1.29, 1.82) is 0 Å². The summed E-state index contributed by atoms with van der Waals surface area (Å²) in [5.41, 5.74) is 0.609. The minimum absolute atomic E-state index is 0.0111. The molecule has 0 radical (unpaired) electrons. The van der Waals surface area contributed by atoms with Gasteiger partial charge in [0.25, 0.3) is 0 Å². The van der Waals surface area contributed by atoms with Crippen LogP contribution in [-0.4, -0.2) is 29.7 Å². The molecule has 2 bridgehead atoms. The van der Waals surface area contributed by atoms with Gasteiger partial charge >= 0.3 is 6.18 Å². The second kappa shape index (κ2) is 9.51. The number of hydrogen-bond acceptors (Lipinski definition) is 3. The van der Waals surface area contributed by atoms with Crippen molar-refractivity contribution < 1.29 is 22.6 Å². The summed E-state index contributed by atoms with van der Waals surface area (Å²) in [7, 11) is 0. The number of hydrogen-bond donors (Lipinski definition) is 0. The number of piperidine rings is 2. The molecule has 3 atom stereocenters. The Hall–Kier alpha value is -2.21. The molecule has 0 amide bonds. The van der Waals surface area contributed by atoms with Gasteiger partial charge in [-0.25, -0.2) is 0 Å². The van der Waals surface area contributed by atoms with E-state index in [1.165, 1.54) is 18.1 Å². The molecule has 0 aliphatic carbocycles. The second-order valence-electron chi connectivity index (χ2n) is 8.62. The molecule has 6 heteroatoms. The van der Waals surface area contributed by atoms with Gasteiger partial charge in [0.1, 0.15) is 6.10 Å². The maximum Gasteiger partial charge on any atom is 0.416 e. The van der Waals surface area contributed by atoms with Crippen LogP contribution in [0.15, 0.2) is 48.5 Å². The largest absolute Gasteiger partial charge is 0.490 e. The van der Waals surface area contributed by atoms with Crippen LogP contribution in [0.25, 0.3) is 0 Å². The molecule has 3 nitrogen and oxygen atoms in total. The highest BCUT2D eigenvalue weighted by atomic mass is 19.4. The van der Waals surface area contributed by atoms with Crippen molar-refractivity contribution in [3.05, 3.63) is 59.7 Å². The summed E-state index contributed by atoms with van der Waals surface area (Å²) in [4.78, 5) is 2.60. The highest BCUT2D eigenvalue weighted by Crippen LogP contribution is 2.40. The Morgan fingerprint density at radius 1 is 0.968 bits per heavy atom. The smallest absolute Gasteiger partial charge is 0.416 e. The average Bonchev–Trinajstić information content (AvgIpc) is 2.73. The predicted molar refractivity (Wildman–Crippen MR) is 114 cm³/mol. The van der Waals surface area contributed by atoms with E-state index >= 15 is 0 Å². The van der Waals surface area contributed by atoms with Crippen molar-refractivity contribution in [2.75, 3.05) is 6.61 Å². The van der Waals surface area contributed by atoms with Crippen LogP contribution in [0, 0.1) is 0 Å². The Balaban J connectivity index is 1.48. The van der Waals surface area contributed by atoms with E-state index in [2.05, 4.69) is 29.2 Å². The average molecular weight is 434 g/mol. The number of fused-ring (bicyclic) bond motifs is 2. The second-order valence-corrected chi connectivity index (χ2v) is 8.62. The zero-order valence-corrected chi connectivity index (χ0v) is 17.9. The van der Waals surface area contributed by atoms with Crippen LogP contribution in [0.3, 0.4) is 0 Å². The minimum Gasteiger partial charge on any atom is -0.490 e. The number of ether oxygens (including phenoxy) is 2. The van der Waals surface area contributed by atoms with E-state index in [0.717, 1.165) is 50.8 Å². The molecule has 0 saturated carbocycles. The molecule has 2 saturated heterocycles. The van der Waals surface area contributed by atoms with E-state index in [1.807, 2.05) is 13.0 Å². The van der Waals surface area contributed by atoms with Crippen LogP contribution in [0.1, 0.15) is 56.6 Å². The van der Waals surface area contributed by atoms with Crippen molar-refractivity contribution in [3.8, 4) is 11.5 Å². The maximum absolute atomic E-state index is 13.2. The van der Waals surface area contributed by atoms with Gasteiger partial charge in [0.2, 0.25) is 0 Å². The number of rotatable bonds is 7. The molecule has 4 rings (SSSR count). The van der Waals surface area contributed by atoms with Crippen molar-refractivity contribution in [1.82, 2.24) is 4.90 Å². The topological polar surface area (TPSA) is 21.7 Å². The molecule has 2 aliphatic rings. The highest BCUT2D eigenvalue weighted by Gasteiger charge is 2.39.